The number of amides is 1. The number of carbonyl (C=O) groups excluding carboxylic acids is 1. The molecule has 1 fully saturated rings. The lowest BCUT2D eigenvalue weighted by atomic mass is 10.1. The molecule has 36 heavy (non-hydrogen) atoms. The predicted octanol–water partition coefficient (Wildman–Crippen LogP) is 6.67. The number of ether oxygens (including phenoxy) is 1. The maximum Gasteiger partial charge on any atom is 0.337 e. The zero-order valence-corrected chi connectivity index (χ0v) is 20.2. The normalized spacial score (nSPS) is 14.3. The van der Waals surface area contributed by atoms with Crippen LogP contribution in [0.15, 0.2) is 100 Å². The zero-order chi connectivity index (χ0) is 25.1. The van der Waals surface area contributed by atoms with Gasteiger partial charge >= 0.3 is 5.97 Å². The van der Waals surface area contributed by atoms with Crippen LogP contribution in [-0.4, -0.2) is 26.3 Å². The van der Waals surface area contributed by atoms with E-state index in [9.17, 15) is 14.7 Å². The van der Waals surface area contributed by atoms with Crippen molar-refractivity contribution in [3.8, 4) is 22.8 Å². The number of anilines is 1. The minimum atomic E-state index is -1.11. The minimum absolute atomic E-state index is 0.0302. The van der Waals surface area contributed by atoms with E-state index in [1.165, 1.54) is 6.07 Å². The van der Waals surface area contributed by atoms with Crippen LogP contribution >= 0.6 is 24.0 Å². The van der Waals surface area contributed by atoms with Gasteiger partial charge in [-0.2, -0.15) is 0 Å². The number of benzene rings is 3. The lowest BCUT2D eigenvalue weighted by molar-refractivity contribution is -0.121. The highest BCUT2D eigenvalue weighted by atomic mass is 32.2. The Kier molecular flexibility index (Phi) is 6.57. The quantitative estimate of drug-likeness (QED) is 0.209. The van der Waals surface area contributed by atoms with E-state index in [0.717, 1.165) is 22.3 Å². The first-order chi connectivity index (χ1) is 17.5. The average Bonchev–Trinajstić information content (AvgIpc) is 3.45. The molecule has 0 unspecified atom stereocenters. The number of rotatable bonds is 7. The van der Waals surface area contributed by atoms with Gasteiger partial charge in [-0.1, -0.05) is 54.2 Å². The topological polar surface area (TPSA) is 92.0 Å². The second-order valence-electron chi connectivity index (χ2n) is 7.59. The number of carboxylic acid groups (broad SMARTS) is 1. The highest BCUT2D eigenvalue weighted by Gasteiger charge is 2.33. The number of hydrogen-bond donors (Lipinski definition) is 2. The van der Waals surface area contributed by atoms with Crippen molar-refractivity contribution in [2.75, 3.05) is 5.43 Å². The molecule has 7 nitrogen and oxygen atoms in total. The van der Waals surface area contributed by atoms with Gasteiger partial charge in [0.05, 0.1) is 21.7 Å². The van der Waals surface area contributed by atoms with Crippen LogP contribution in [0.1, 0.15) is 16.1 Å². The average molecular weight is 515 g/mol. The van der Waals surface area contributed by atoms with Crippen LogP contribution in [0.3, 0.4) is 0 Å². The Morgan fingerprint density at radius 2 is 1.69 bits per heavy atom. The lowest BCUT2D eigenvalue weighted by Gasteiger charge is -2.18. The van der Waals surface area contributed by atoms with Gasteiger partial charge in [0.25, 0.3) is 5.91 Å². The summed E-state index contributed by atoms with van der Waals surface area (Å²) in [5.41, 5.74) is 3.88. The summed E-state index contributed by atoms with van der Waals surface area (Å²) in [6.07, 6.45) is 1.61. The molecule has 3 aromatic carbocycles. The Labute approximate surface area is 216 Å². The first kappa shape index (κ1) is 23.4. The number of thiocarbonyl (C=S) groups is 1. The molecule has 1 saturated heterocycles. The molecule has 1 aliphatic heterocycles. The number of thioether (sulfide) groups is 1. The number of carbonyl (C=O) groups is 2. The van der Waals surface area contributed by atoms with Crippen molar-refractivity contribution >= 4 is 51.9 Å². The molecule has 0 aliphatic carbocycles. The van der Waals surface area contributed by atoms with Gasteiger partial charge in [-0.05, 0) is 60.7 Å². The summed E-state index contributed by atoms with van der Waals surface area (Å²) < 4.78 is 12.3. The summed E-state index contributed by atoms with van der Waals surface area (Å²) in [5.74, 6) is 0.868. The molecular formula is C27H18N2O5S2. The van der Waals surface area contributed by atoms with E-state index in [4.69, 9.17) is 21.4 Å². The number of aromatic carboxylic acids is 1. The molecule has 1 aromatic heterocycles. The first-order valence-electron chi connectivity index (χ1n) is 10.8. The lowest BCUT2D eigenvalue weighted by Crippen LogP contribution is -2.34. The van der Waals surface area contributed by atoms with Crippen molar-refractivity contribution in [2.45, 2.75) is 0 Å². The third-order valence-electron chi connectivity index (χ3n) is 5.21. The summed E-state index contributed by atoms with van der Waals surface area (Å²) in [6, 6.07) is 26.8. The Bertz CT molecular complexity index is 1500. The van der Waals surface area contributed by atoms with Crippen LogP contribution in [0.5, 0.6) is 11.5 Å². The smallest absolute Gasteiger partial charge is 0.337 e. The van der Waals surface area contributed by atoms with Crippen LogP contribution < -0.4 is 10.2 Å². The van der Waals surface area contributed by atoms with Crippen LogP contribution in [0.2, 0.25) is 0 Å². The van der Waals surface area contributed by atoms with Gasteiger partial charge in [-0.15, -0.1) is 0 Å². The minimum Gasteiger partial charge on any atom is -0.478 e. The fourth-order valence-electron chi connectivity index (χ4n) is 3.53. The van der Waals surface area contributed by atoms with Gasteiger partial charge in [0.15, 0.2) is 4.32 Å². The van der Waals surface area contributed by atoms with Crippen molar-refractivity contribution in [2.24, 2.45) is 0 Å². The van der Waals surface area contributed by atoms with Gasteiger partial charge in [0.1, 0.15) is 23.0 Å². The number of hydrogen-bond acceptors (Lipinski definition) is 7. The summed E-state index contributed by atoms with van der Waals surface area (Å²) in [6.45, 7) is 0. The summed E-state index contributed by atoms with van der Waals surface area (Å²) in [4.78, 5) is 24.9. The van der Waals surface area contributed by atoms with E-state index in [1.807, 2.05) is 54.6 Å². The highest BCUT2D eigenvalue weighted by molar-refractivity contribution is 8.26. The third kappa shape index (κ3) is 4.88. The van der Waals surface area contributed by atoms with Gasteiger partial charge in [-0.25, -0.2) is 9.80 Å². The summed E-state index contributed by atoms with van der Waals surface area (Å²) in [7, 11) is 0. The van der Waals surface area contributed by atoms with Crippen LogP contribution in [0, 0.1) is 0 Å². The number of carboxylic acids is 1. The van der Waals surface area contributed by atoms with Crippen molar-refractivity contribution < 1.29 is 23.8 Å². The number of nitrogens with zero attached hydrogens (tertiary/aromatic N) is 1. The van der Waals surface area contributed by atoms with E-state index >= 15 is 0 Å². The molecule has 0 bridgehead atoms. The van der Waals surface area contributed by atoms with E-state index in [0.29, 0.717) is 27.9 Å². The molecule has 1 amide bonds. The SMILES string of the molecule is O=C(O)c1ccccc1NN1C(=O)C(=Cc2ccc(-c3ccccc3Oc3ccccc3)o2)SC1=S. The Morgan fingerprint density at radius 1 is 0.972 bits per heavy atom. The van der Waals surface area contributed by atoms with E-state index < -0.39 is 11.9 Å². The van der Waals surface area contributed by atoms with Crippen molar-refractivity contribution in [1.82, 2.24) is 5.01 Å². The highest BCUT2D eigenvalue weighted by Crippen LogP contribution is 2.37. The second kappa shape index (κ2) is 10.1. The zero-order valence-electron chi connectivity index (χ0n) is 18.6. The molecule has 9 heteroatoms. The van der Waals surface area contributed by atoms with Crippen LogP contribution in [0.4, 0.5) is 5.69 Å². The monoisotopic (exact) mass is 514 g/mol. The molecule has 0 spiro atoms. The molecule has 2 heterocycles. The van der Waals surface area contributed by atoms with E-state index in [2.05, 4.69) is 5.43 Å². The van der Waals surface area contributed by atoms with Crippen LogP contribution in [0.25, 0.3) is 17.4 Å². The molecule has 1 aliphatic rings. The summed E-state index contributed by atoms with van der Waals surface area (Å²) >= 11 is 6.44. The van der Waals surface area contributed by atoms with Gasteiger partial charge < -0.3 is 14.3 Å². The van der Waals surface area contributed by atoms with E-state index in [1.54, 1.807) is 36.4 Å². The fraction of sp³-hybridized carbons (Fsp3) is 0. The number of furan rings is 1. The number of para-hydroxylation sites is 3. The second-order valence-corrected chi connectivity index (χ2v) is 9.27. The maximum absolute atomic E-state index is 13.0. The number of nitrogens with one attached hydrogen (secondary N) is 1. The van der Waals surface area contributed by atoms with Crippen LogP contribution in [-0.2, 0) is 4.79 Å². The third-order valence-corrected chi connectivity index (χ3v) is 6.51. The Balaban J connectivity index is 1.37. The molecule has 5 rings (SSSR count). The van der Waals surface area contributed by atoms with E-state index in [-0.39, 0.29) is 15.6 Å². The number of hydrazine groups is 1. The summed E-state index contributed by atoms with van der Waals surface area (Å²) in [5, 5.41) is 10.6. The molecule has 4 aromatic rings. The molecule has 2 N–H and O–H groups in total. The molecule has 0 radical (unpaired) electrons. The van der Waals surface area contributed by atoms with Crippen molar-refractivity contribution in [3.63, 3.8) is 0 Å². The molecule has 178 valence electrons. The van der Waals surface area contributed by atoms with Crippen molar-refractivity contribution in [3.05, 3.63) is 107 Å². The largest absolute Gasteiger partial charge is 0.478 e. The first-order valence-corrected chi connectivity index (χ1v) is 12.0. The van der Waals surface area contributed by atoms with Gasteiger partial charge in [0.2, 0.25) is 0 Å². The predicted molar refractivity (Wildman–Crippen MR) is 143 cm³/mol. The maximum atomic E-state index is 13.0. The standard InChI is InChI=1S/C27H18N2O5S2/c30-25-24(36-27(35)29(25)28-21-12-6-4-10-19(21)26(31)32)16-18-14-15-23(34-18)20-11-5-7-13-22(20)33-17-8-2-1-3-9-17/h1-16,28H,(H,31,32). The van der Waals surface area contributed by atoms with Crippen molar-refractivity contribution in [1.29, 1.82) is 0 Å². The molecule has 0 saturated carbocycles. The Hall–Kier alpha value is -4.34. The molecular weight excluding hydrogens is 496 g/mol. The van der Waals surface area contributed by atoms with Gasteiger partial charge in [0, 0.05) is 6.08 Å². The van der Waals surface area contributed by atoms with Gasteiger partial charge in [-0.3, -0.25) is 10.2 Å². The molecule has 0 atom stereocenters. The Morgan fingerprint density at radius 3 is 2.50 bits per heavy atom. The fourth-order valence-corrected chi connectivity index (χ4v) is 4.69.